The summed E-state index contributed by atoms with van der Waals surface area (Å²) in [5.74, 6) is -2.12. The molecule has 1 aromatic carbocycles. The molecule has 11 heteroatoms. The summed E-state index contributed by atoms with van der Waals surface area (Å²) in [5.41, 5.74) is 1.10. The van der Waals surface area contributed by atoms with Gasteiger partial charge in [0.25, 0.3) is 0 Å². The van der Waals surface area contributed by atoms with E-state index in [1.807, 2.05) is 99.6 Å². The topological polar surface area (TPSA) is 122 Å². The average molecular weight is 701 g/mol. The Labute approximate surface area is 302 Å². The minimum Gasteiger partial charge on any atom is -0.354 e. The molecule has 0 aliphatic rings. The highest BCUT2D eigenvalue weighted by molar-refractivity contribution is 5.96. The van der Waals surface area contributed by atoms with E-state index >= 15 is 0 Å². The number of rotatable bonds is 19. The molecule has 5 amide bonds. The van der Waals surface area contributed by atoms with E-state index in [0.29, 0.717) is 19.4 Å². The Morgan fingerprint density at radius 3 is 1.42 bits per heavy atom. The molecule has 0 bridgehead atoms. The SMILES string of the molecule is CN[C@H](C(=O)N(C)[C@@H](CC(C)C)C(=O)N(C)[C@H](C(=O)N(C)[C@H](C(=O)N(C)[C@H](C(=O)NCCc1ccccc1)C(C)C)C(C)C)C(C)C)C(C)C. The minimum absolute atomic E-state index is 0.0143. The van der Waals surface area contributed by atoms with Gasteiger partial charge in [-0.3, -0.25) is 24.0 Å². The summed E-state index contributed by atoms with van der Waals surface area (Å²) < 4.78 is 0. The molecule has 5 atom stereocenters. The molecule has 11 nitrogen and oxygen atoms in total. The highest BCUT2D eigenvalue weighted by atomic mass is 16.2. The van der Waals surface area contributed by atoms with Crippen LogP contribution < -0.4 is 10.6 Å². The summed E-state index contributed by atoms with van der Waals surface area (Å²) in [7, 11) is 8.20. The molecule has 0 fully saturated rings. The van der Waals surface area contributed by atoms with Crippen LogP contribution in [0.15, 0.2) is 30.3 Å². The van der Waals surface area contributed by atoms with E-state index in [2.05, 4.69) is 10.6 Å². The zero-order valence-corrected chi connectivity index (χ0v) is 33.6. The minimum atomic E-state index is -0.891. The summed E-state index contributed by atoms with van der Waals surface area (Å²) in [6.07, 6.45) is 1.09. The fourth-order valence-corrected chi connectivity index (χ4v) is 6.85. The monoisotopic (exact) mass is 701 g/mol. The van der Waals surface area contributed by atoms with E-state index in [1.165, 1.54) is 19.6 Å². The zero-order valence-electron chi connectivity index (χ0n) is 33.6. The predicted octanol–water partition coefficient (Wildman–Crippen LogP) is 3.91. The number of benzene rings is 1. The van der Waals surface area contributed by atoms with Crippen LogP contribution in [0.3, 0.4) is 0 Å². The van der Waals surface area contributed by atoms with Crippen molar-refractivity contribution in [3.8, 4) is 0 Å². The Morgan fingerprint density at radius 1 is 0.580 bits per heavy atom. The van der Waals surface area contributed by atoms with E-state index in [9.17, 15) is 24.0 Å². The van der Waals surface area contributed by atoms with Gasteiger partial charge in [-0.1, -0.05) is 99.6 Å². The first-order valence-electron chi connectivity index (χ1n) is 18.3. The molecule has 2 N–H and O–H groups in total. The molecule has 1 aromatic rings. The second kappa shape index (κ2) is 20.4. The molecule has 0 aliphatic carbocycles. The number of carbonyl (C=O) groups excluding carboxylic acids is 5. The van der Waals surface area contributed by atoms with Crippen LogP contribution in [0, 0.1) is 29.6 Å². The van der Waals surface area contributed by atoms with Crippen LogP contribution in [0.4, 0.5) is 0 Å². The average Bonchev–Trinajstić information content (AvgIpc) is 3.02. The fraction of sp³-hybridized carbons (Fsp3) is 0.718. The molecule has 0 unspecified atom stereocenters. The van der Waals surface area contributed by atoms with Gasteiger partial charge in [0.05, 0.1) is 6.04 Å². The van der Waals surface area contributed by atoms with E-state index in [0.717, 1.165) is 5.56 Å². The fourth-order valence-electron chi connectivity index (χ4n) is 6.85. The standard InChI is InChI=1S/C39H68N6O5/c1-24(2)23-30(42(12)37(48)31(40-11)25(3)4)36(47)44(14)33(27(7)8)39(50)45(15)34(28(9)10)38(49)43(13)32(26(5)6)35(46)41-22-21-29-19-17-16-18-20-29/h16-20,24-28,30-34,40H,21-23H2,1-15H3,(H,41,46)/t30-,31-,32-,33-,34-/m0/s1. The summed E-state index contributed by atoms with van der Waals surface area (Å²) in [6.45, 7) is 19.6. The number of likely N-dealkylation sites (N-methyl/N-ethyl adjacent to an activating group) is 5. The van der Waals surface area contributed by atoms with Gasteiger partial charge < -0.3 is 30.2 Å². The van der Waals surface area contributed by atoms with Crippen molar-refractivity contribution in [2.75, 3.05) is 41.8 Å². The maximum absolute atomic E-state index is 14.4. The third-order valence-electron chi connectivity index (χ3n) is 9.56. The molecular formula is C39H68N6O5. The van der Waals surface area contributed by atoms with Gasteiger partial charge in [0, 0.05) is 34.7 Å². The number of nitrogens with zero attached hydrogens (tertiary/aromatic N) is 4. The van der Waals surface area contributed by atoms with Crippen molar-refractivity contribution in [2.45, 2.75) is 112 Å². The van der Waals surface area contributed by atoms with E-state index in [4.69, 9.17) is 0 Å². The highest BCUT2D eigenvalue weighted by Crippen LogP contribution is 2.23. The summed E-state index contributed by atoms with van der Waals surface area (Å²) in [4.78, 5) is 75.8. The van der Waals surface area contributed by atoms with Gasteiger partial charge in [-0.05, 0) is 55.0 Å². The first-order chi connectivity index (χ1) is 23.2. The largest absolute Gasteiger partial charge is 0.354 e. The molecule has 0 saturated heterocycles. The van der Waals surface area contributed by atoms with Gasteiger partial charge in [-0.25, -0.2) is 0 Å². The second-order valence-corrected chi connectivity index (χ2v) is 15.5. The molecule has 0 radical (unpaired) electrons. The van der Waals surface area contributed by atoms with E-state index in [-0.39, 0.29) is 59.1 Å². The third-order valence-corrected chi connectivity index (χ3v) is 9.56. The number of hydrogen-bond acceptors (Lipinski definition) is 6. The molecule has 0 heterocycles. The van der Waals surface area contributed by atoms with Crippen molar-refractivity contribution in [3.05, 3.63) is 35.9 Å². The van der Waals surface area contributed by atoms with Crippen molar-refractivity contribution in [3.63, 3.8) is 0 Å². The molecule has 0 aromatic heterocycles. The Bertz CT molecular complexity index is 1250. The van der Waals surface area contributed by atoms with Gasteiger partial charge in [0.1, 0.15) is 24.2 Å². The van der Waals surface area contributed by atoms with Crippen LogP contribution in [0.5, 0.6) is 0 Å². The summed E-state index contributed by atoms with van der Waals surface area (Å²) in [6, 6.07) is 6.12. The first kappa shape index (κ1) is 44.6. The number of nitrogens with one attached hydrogen (secondary N) is 2. The third kappa shape index (κ3) is 11.8. The van der Waals surface area contributed by atoms with Crippen molar-refractivity contribution < 1.29 is 24.0 Å². The quantitative estimate of drug-likeness (QED) is 0.226. The maximum Gasteiger partial charge on any atom is 0.246 e. The van der Waals surface area contributed by atoms with Gasteiger partial charge in [-0.15, -0.1) is 0 Å². The van der Waals surface area contributed by atoms with Gasteiger partial charge in [0.2, 0.25) is 29.5 Å². The first-order valence-corrected chi connectivity index (χ1v) is 18.3. The molecule has 284 valence electrons. The van der Waals surface area contributed by atoms with Crippen LogP contribution in [-0.2, 0) is 30.4 Å². The molecule has 0 saturated carbocycles. The Kier molecular flexibility index (Phi) is 18.2. The molecule has 0 spiro atoms. The number of carbonyl (C=O) groups is 5. The number of hydrogen-bond donors (Lipinski definition) is 2. The molecule has 0 aliphatic heterocycles. The zero-order chi connectivity index (χ0) is 38.6. The normalized spacial score (nSPS) is 14.7. The lowest BCUT2D eigenvalue weighted by molar-refractivity contribution is -0.157. The predicted molar refractivity (Wildman–Crippen MR) is 201 cm³/mol. The smallest absolute Gasteiger partial charge is 0.246 e. The molecule has 1 rings (SSSR count). The number of amides is 5. The van der Waals surface area contributed by atoms with Crippen LogP contribution in [0.2, 0.25) is 0 Å². The van der Waals surface area contributed by atoms with Gasteiger partial charge >= 0.3 is 0 Å². The Hall–Kier alpha value is -3.47. The lowest BCUT2D eigenvalue weighted by atomic mass is 9.94. The molecular weight excluding hydrogens is 632 g/mol. The van der Waals surface area contributed by atoms with Crippen molar-refractivity contribution >= 4 is 29.5 Å². The van der Waals surface area contributed by atoms with Crippen molar-refractivity contribution in [1.82, 2.24) is 30.2 Å². The maximum atomic E-state index is 14.4. The van der Waals surface area contributed by atoms with Crippen molar-refractivity contribution in [2.24, 2.45) is 29.6 Å². The lowest BCUT2D eigenvalue weighted by Gasteiger charge is -2.41. The van der Waals surface area contributed by atoms with Gasteiger partial charge in [0.15, 0.2) is 0 Å². The second-order valence-electron chi connectivity index (χ2n) is 15.5. The van der Waals surface area contributed by atoms with E-state index in [1.54, 1.807) is 35.2 Å². The van der Waals surface area contributed by atoms with Gasteiger partial charge in [-0.2, -0.15) is 0 Å². The Balaban J connectivity index is 3.34. The van der Waals surface area contributed by atoms with Crippen LogP contribution in [0.25, 0.3) is 0 Å². The summed E-state index contributed by atoms with van der Waals surface area (Å²) >= 11 is 0. The van der Waals surface area contributed by atoms with E-state index < -0.39 is 30.2 Å². The molecule has 50 heavy (non-hydrogen) atoms. The van der Waals surface area contributed by atoms with Crippen molar-refractivity contribution in [1.29, 1.82) is 0 Å². The highest BCUT2D eigenvalue weighted by Gasteiger charge is 2.43. The lowest BCUT2D eigenvalue weighted by Crippen LogP contribution is -2.62. The van der Waals surface area contributed by atoms with Crippen LogP contribution >= 0.6 is 0 Å². The van der Waals surface area contributed by atoms with Crippen LogP contribution in [0.1, 0.15) is 81.2 Å². The summed E-state index contributed by atoms with van der Waals surface area (Å²) in [5, 5.41) is 6.07. The van der Waals surface area contributed by atoms with Crippen LogP contribution in [-0.4, -0.2) is 121 Å². The Morgan fingerprint density at radius 2 is 1.02 bits per heavy atom.